The van der Waals surface area contributed by atoms with Gasteiger partial charge in [0.05, 0.1) is 6.10 Å². The van der Waals surface area contributed by atoms with Crippen molar-refractivity contribution in [1.82, 2.24) is 0 Å². The molecule has 2 rings (SSSR count). The maximum atomic E-state index is 11.6. The highest BCUT2D eigenvalue weighted by molar-refractivity contribution is 5.87. The number of methoxy groups -OCH3 is 1. The number of ketones is 1. The van der Waals surface area contributed by atoms with Gasteiger partial charge in [-0.1, -0.05) is 13.8 Å². The Morgan fingerprint density at radius 2 is 2.08 bits per heavy atom. The van der Waals surface area contributed by atoms with Gasteiger partial charge < -0.3 is 4.74 Å². The number of fused-ring (bicyclic) bond motifs is 1. The van der Waals surface area contributed by atoms with Gasteiger partial charge >= 0.3 is 0 Å². The zero-order chi connectivity index (χ0) is 8.88. The molecular weight excluding hydrogens is 152 g/mol. The van der Waals surface area contributed by atoms with Gasteiger partial charge in [-0.25, -0.2) is 0 Å². The molecule has 0 heterocycles. The molecular formula is C10H16O2. The van der Waals surface area contributed by atoms with Crippen molar-refractivity contribution in [2.45, 2.75) is 26.4 Å². The summed E-state index contributed by atoms with van der Waals surface area (Å²) in [6.45, 7) is 4.17. The first-order valence-electron chi connectivity index (χ1n) is 4.73. The average Bonchev–Trinajstić information content (AvgIpc) is 2.81. The number of hydrogen-bond acceptors (Lipinski definition) is 2. The molecule has 0 saturated heterocycles. The summed E-state index contributed by atoms with van der Waals surface area (Å²) in [7, 11) is 1.76. The van der Waals surface area contributed by atoms with Crippen LogP contribution in [0.1, 0.15) is 20.3 Å². The van der Waals surface area contributed by atoms with Crippen molar-refractivity contribution in [3.05, 3.63) is 0 Å². The molecule has 2 heteroatoms. The highest BCUT2D eigenvalue weighted by Gasteiger charge is 2.56. The van der Waals surface area contributed by atoms with Crippen molar-refractivity contribution < 1.29 is 9.53 Å². The lowest BCUT2D eigenvalue weighted by Gasteiger charge is -2.31. The van der Waals surface area contributed by atoms with Gasteiger partial charge in [-0.15, -0.1) is 0 Å². The first kappa shape index (κ1) is 8.24. The third-order valence-electron chi connectivity index (χ3n) is 3.66. The van der Waals surface area contributed by atoms with Crippen molar-refractivity contribution >= 4 is 5.78 Å². The van der Waals surface area contributed by atoms with Crippen LogP contribution < -0.4 is 0 Å². The van der Waals surface area contributed by atoms with E-state index in [-0.39, 0.29) is 5.92 Å². The molecule has 0 amide bonds. The van der Waals surface area contributed by atoms with E-state index >= 15 is 0 Å². The normalized spacial score (nSPS) is 51.9. The Morgan fingerprint density at radius 3 is 2.67 bits per heavy atom. The summed E-state index contributed by atoms with van der Waals surface area (Å²) >= 11 is 0. The van der Waals surface area contributed by atoms with E-state index in [2.05, 4.69) is 6.92 Å². The summed E-state index contributed by atoms with van der Waals surface area (Å²) in [6, 6.07) is 0. The molecule has 0 radical (unpaired) electrons. The molecule has 0 aromatic rings. The molecule has 0 aromatic carbocycles. The van der Waals surface area contributed by atoms with E-state index in [4.69, 9.17) is 4.74 Å². The predicted octanol–water partition coefficient (Wildman–Crippen LogP) is 1.49. The maximum absolute atomic E-state index is 11.6. The molecule has 1 unspecified atom stereocenters. The molecule has 68 valence electrons. The summed E-state index contributed by atoms with van der Waals surface area (Å²) in [5.74, 6) is 1.99. The predicted molar refractivity (Wildman–Crippen MR) is 45.7 cm³/mol. The fourth-order valence-corrected chi connectivity index (χ4v) is 2.57. The Balaban J connectivity index is 2.16. The van der Waals surface area contributed by atoms with Gasteiger partial charge in [-0.3, -0.25) is 4.79 Å². The zero-order valence-corrected chi connectivity index (χ0v) is 7.91. The van der Waals surface area contributed by atoms with Crippen molar-refractivity contribution in [3.63, 3.8) is 0 Å². The fourth-order valence-electron chi connectivity index (χ4n) is 2.57. The van der Waals surface area contributed by atoms with E-state index in [1.54, 1.807) is 7.11 Å². The van der Waals surface area contributed by atoms with Gasteiger partial charge in [0.25, 0.3) is 0 Å². The summed E-state index contributed by atoms with van der Waals surface area (Å²) in [5.41, 5.74) is 0. The Morgan fingerprint density at radius 1 is 1.42 bits per heavy atom. The molecule has 2 aliphatic carbocycles. The third kappa shape index (κ3) is 0.939. The number of rotatable bonds is 1. The monoisotopic (exact) mass is 168 g/mol. The smallest absolute Gasteiger partial charge is 0.139 e. The fraction of sp³-hybridized carbons (Fsp3) is 0.900. The Kier molecular flexibility index (Phi) is 1.76. The molecule has 2 nitrogen and oxygen atoms in total. The summed E-state index contributed by atoms with van der Waals surface area (Å²) < 4.78 is 5.42. The summed E-state index contributed by atoms with van der Waals surface area (Å²) in [4.78, 5) is 11.6. The van der Waals surface area contributed by atoms with E-state index in [1.807, 2.05) is 6.92 Å². The number of carbonyl (C=O) groups excluding carboxylic acids is 1. The molecule has 2 saturated carbocycles. The van der Waals surface area contributed by atoms with Gasteiger partial charge in [-0.2, -0.15) is 0 Å². The Labute approximate surface area is 73.3 Å². The number of carbonyl (C=O) groups is 1. The van der Waals surface area contributed by atoms with Crippen LogP contribution in [0, 0.1) is 23.7 Å². The molecule has 12 heavy (non-hydrogen) atoms. The van der Waals surface area contributed by atoms with Crippen LogP contribution in [0.5, 0.6) is 0 Å². The van der Waals surface area contributed by atoms with Crippen LogP contribution in [0.3, 0.4) is 0 Å². The second-order valence-electron chi connectivity index (χ2n) is 4.26. The van der Waals surface area contributed by atoms with Crippen LogP contribution in [0.15, 0.2) is 0 Å². The van der Waals surface area contributed by atoms with E-state index in [9.17, 15) is 4.79 Å². The number of ether oxygens (including phenoxy) is 1. The summed E-state index contributed by atoms with van der Waals surface area (Å²) in [6.07, 6.45) is 1.41. The van der Waals surface area contributed by atoms with E-state index in [0.717, 1.165) is 6.42 Å². The van der Waals surface area contributed by atoms with Gasteiger partial charge in [0.15, 0.2) is 0 Å². The van der Waals surface area contributed by atoms with Gasteiger partial charge in [-0.05, 0) is 18.3 Å². The zero-order valence-electron chi connectivity index (χ0n) is 7.91. The first-order chi connectivity index (χ1) is 5.66. The minimum Gasteiger partial charge on any atom is -0.381 e. The van der Waals surface area contributed by atoms with Crippen LogP contribution in [0.4, 0.5) is 0 Å². The second kappa shape index (κ2) is 2.56. The second-order valence-corrected chi connectivity index (χ2v) is 4.26. The first-order valence-corrected chi connectivity index (χ1v) is 4.73. The van der Waals surface area contributed by atoms with Gasteiger partial charge in [0.1, 0.15) is 5.78 Å². The van der Waals surface area contributed by atoms with E-state index in [0.29, 0.717) is 29.6 Å². The maximum Gasteiger partial charge on any atom is 0.139 e. The lowest BCUT2D eigenvalue weighted by Crippen LogP contribution is -2.38. The van der Waals surface area contributed by atoms with Crippen LogP contribution in [0.2, 0.25) is 0 Å². The molecule has 0 aliphatic heterocycles. The third-order valence-corrected chi connectivity index (χ3v) is 3.66. The highest BCUT2D eigenvalue weighted by atomic mass is 16.5. The van der Waals surface area contributed by atoms with Crippen molar-refractivity contribution in [2.24, 2.45) is 23.7 Å². The van der Waals surface area contributed by atoms with Crippen LogP contribution in [-0.2, 0) is 9.53 Å². The van der Waals surface area contributed by atoms with Crippen molar-refractivity contribution in [2.75, 3.05) is 7.11 Å². The lowest BCUT2D eigenvalue weighted by molar-refractivity contribution is -0.131. The van der Waals surface area contributed by atoms with Gasteiger partial charge in [0, 0.05) is 18.9 Å². The molecule has 0 bridgehead atoms. The minimum absolute atomic E-state index is 0.207. The summed E-state index contributed by atoms with van der Waals surface area (Å²) in [5, 5.41) is 0. The molecule has 5 atom stereocenters. The number of hydrogen-bond donors (Lipinski definition) is 0. The van der Waals surface area contributed by atoms with E-state index in [1.165, 1.54) is 0 Å². The molecule has 2 fully saturated rings. The Bertz CT molecular complexity index is 212. The van der Waals surface area contributed by atoms with Crippen LogP contribution >= 0.6 is 0 Å². The molecule has 0 spiro atoms. The standard InChI is InChI=1S/C10H16O2/c1-5-6(2)10(12-3)8-4-7(8)9(5)11/h5-8,10H,4H2,1-3H3/t5?,6-,7+,8-,10-/m0/s1. The molecule has 0 aromatic heterocycles. The van der Waals surface area contributed by atoms with Crippen LogP contribution in [0.25, 0.3) is 0 Å². The minimum atomic E-state index is 0.207. The lowest BCUT2D eigenvalue weighted by atomic mass is 9.78. The van der Waals surface area contributed by atoms with Crippen molar-refractivity contribution in [3.8, 4) is 0 Å². The topological polar surface area (TPSA) is 26.3 Å². The largest absolute Gasteiger partial charge is 0.381 e. The quantitative estimate of drug-likeness (QED) is 0.593. The molecule has 2 aliphatic rings. The number of Topliss-reactive ketones (excluding diaryl/α,β-unsaturated/α-hetero) is 1. The highest BCUT2D eigenvalue weighted by Crippen LogP contribution is 2.52. The molecule has 0 N–H and O–H groups in total. The SMILES string of the molecule is CO[C@@H]1[C@H]2C[C@H]2C(=O)C(C)[C@@H]1C. The average molecular weight is 168 g/mol. The van der Waals surface area contributed by atoms with E-state index < -0.39 is 0 Å². The van der Waals surface area contributed by atoms with Crippen molar-refractivity contribution in [1.29, 1.82) is 0 Å². The Hall–Kier alpha value is -0.370. The van der Waals surface area contributed by atoms with Gasteiger partial charge in [0.2, 0.25) is 0 Å². The van der Waals surface area contributed by atoms with Crippen LogP contribution in [-0.4, -0.2) is 19.0 Å².